The predicted molar refractivity (Wildman–Crippen MR) is 110 cm³/mol. The van der Waals surface area contributed by atoms with E-state index in [0.717, 1.165) is 49.9 Å². The highest BCUT2D eigenvalue weighted by Gasteiger charge is 2.24. The van der Waals surface area contributed by atoms with Crippen LogP contribution in [0.5, 0.6) is 0 Å². The minimum Gasteiger partial charge on any atom is -0.342 e. The lowest BCUT2D eigenvalue weighted by atomic mass is 9.93. The average Bonchev–Trinajstić information content (AvgIpc) is 3.22. The average molecular weight is 411 g/mol. The number of rotatable bonds is 6. The number of benzene rings is 1. The van der Waals surface area contributed by atoms with Crippen molar-refractivity contribution < 1.29 is 9.32 Å². The van der Waals surface area contributed by atoms with Gasteiger partial charge in [0.2, 0.25) is 5.91 Å². The molecule has 1 aliphatic heterocycles. The Hall–Kier alpha value is -2.73. The molecule has 1 fully saturated rings. The Morgan fingerprint density at radius 3 is 2.93 bits per heavy atom. The van der Waals surface area contributed by atoms with Gasteiger partial charge in [0.15, 0.2) is 5.82 Å². The van der Waals surface area contributed by atoms with E-state index in [1.54, 1.807) is 12.4 Å². The van der Waals surface area contributed by atoms with Gasteiger partial charge >= 0.3 is 0 Å². The molecule has 1 unspecified atom stereocenters. The van der Waals surface area contributed by atoms with Crippen LogP contribution in [-0.4, -0.2) is 39.0 Å². The van der Waals surface area contributed by atoms with E-state index in [1.165, 1.54) is 0 Å². The lowest BCUT2D eigenvalue weighted by Gasteiger charge is -2.32. The van der Waals surface area contributed by atoms with Gasteiger partial charge in [-0.15, -0.1) is 0 Å². The molecule has 0 spiro atoms. The second-order valence-corrected chi connectivity index (χ2v) is 7.88. The van der Waals surface area contributed by atoms with Crippen LogP contribution in [0.25, 0.3) is 11.5 Å². The fraction of sp³-hybridized carbons (Fsp3) is 0.364. The van der Waals surface area contributed by atoms with Crippen LogP contribution in [0, 0.1) is 5.92 Å². The van der Waals surface area contributed by atoms with E-state index in [-0.39, 0.29) is 5.91 Å². The van der Waals surface area contributed by atoms with Gasteiger partial charge in [-0.3, -0.25) is 9.78 Å². The maximum absolute atomic E-state index is 12.7. The Morgan fingerprint density at radius 2 is 2.10 bits per heavy atom. The number of piperidine rings is 1. The second-order valence-electron chi connectivity index (χ2n) is 7.45. The first-order valence-electron chi connectivity index (χ1n) is 9.92. The molecule has 1 atom stereocenters. The van der Waals surface area contributed by atoms with Crippen molar-refractivity contribution in [2.45, 2.75) is 32.1 Å². The molecule has 2 aromatic heterocycles. The standard InChI is InChI=1S/C22H23ClN4O2/c23-19-5-1-3-17(13-19)14-21(28)27-12-2-4-16(15-27)6-7-20-25-22(29-26-20)18-8-10-24-11-9-18/h1,3,5,8-11,13,16H,2,4,6-7,12,14-15H2. The zero-order chi connectivity index (χ0) is 20.1. The largest absolute Gasteiger partial charge is 0.342 e. The first-order valence-corrected chi connectivity index (χ1v) is 10.3. The number of aromatic nitrogens is 3. The van der Waals surface area contributed by atoms with Crippen LogP contribution in [0.3, 0.4) is 0 Å². The fourth-order valence-electron chi connectivity index (χ4n) is 3.76. The summed E-state index contributed by atoms with van der Waals surface area (Å²) >= 11 is 6.03. The summed E-state index contributed by atoms with van der Waals surface area (Å²) in [6.07, 6.45) is 7.64. The number of amides is 1. The van der Waals surface area contributed by atoms with E-state index in [0.29, 0.717) is 29.1 Å². The topological polar surface area (TPSA) is 72.1 Å². The van der Waals surface area contributed by atoms with Crippen molar-refractivity contribution in [1.29, 1.82) is 0 Å². The SMILES string of the molecule is O=C(Cc1cccc(Cl)c1)N1CCCC(CCc2noc(-c3ccncc3)n2)C1. The van der Waals surface area contributed by atoms with Crippen LogP contribution >= 0.6 is 11.6 Å². The highest BCUT2D eigenvalue weighted by atomic mass is 35.5. The number of nitrogens with zero attached hydrogens (tertiary/aromatic N) is 4. The van der Waals surface area contributed by atoms with E-state index < -0.39 is 0 Å². The van der Waals surface area contributed by atoms with Crippen molar-refractivity contribution in [3.63, 3.8) is 0 Å². The molecule has 1 aliphatic rings. The van der Waals surface area contributed by atoms with Crippen molar-refractivity contribution in [3.8, 4) is 11.5 Å². The van der Waals surface area contributed by atoms with Crippen LogP contribution in [0.4, 0.5) is 0 Å². The van der Waals surface area contributed by atoms with E-state index in [1.807, 2.05) is 41.3 Å². The van der Waals surface area contributed by atoms with Crippen LogP contribution in [0.15, 0.2) is 53.3 Å². The molecule has 0 radical (unpaired) electrons. The highest BCUT2D eigenvalue weighted by molar-refractivity contribution is 6.30. The molecule has 1 saturated heterocycles. The van der Waals surface area contributed by atoms with Gasteiger partial charge in [-0.1, -0.05) is 28.9 Å². The molecule has 0 N–H and O–H groups in total. The van der Waals surface area contributed by atoms with Gasteiger partial charge in [-0.2, -0.15) is 4.98 Å². The second kappa shape index (κ2) is 9.18. The maximum atomic E-state index is 12.7. The number of hydrogen-bond acceptors (Lipinski definition) is 5. The lowest BCUT2D eigenvalue weighted by Crippen LogP contribution is -2.40. The van der Waals surface area contributed by atoms with Crippen LogP contribution < -0.4 is 0 Å². The molecule has 0 aliphatic carbocycles. The van der Waals surface area contributed by atoms with E-state index in [4.69, 9.17) is 16.1 Å². The number of pyridine rings is 1. The molecule has 4 rings (SSSR count). The lowest BCUT2D eigenvalue weighted by molar-refractivity contribution is -0.132. The summed E-state index contributed by atoms with van der Waals surface area (Å²) in [5, 5.41) is 4.76. The Bertz CT molecular complexity index is 960. The third-order valence-electron chi connectivity index (χ3n) is 5.29. The number of carbonyl (C=O) groups is 1. The fourth-order valence-corrected chi connectivity index (χ4v) is 3.97. The molecule has 0 saturated carbocycles. The van der Waals surface area contributed by atoms with Gasteiger partial charge in [-0.05, 0) is 55.0 Å². The summed E-state index contributed by atoms with van der Waals surface area (Å²) in [5.41, 5.74) is 1.83. The van der Waals surface area contributed by atoms with Gasteiger partial charge in [0.05, 0.1) is 6.42 Å². The highest BCUT2D eigenvalue weighted by Crippen LogP contribution is 2.23. The number of carbonyl (C=O) groups excluding carboxylic acids is 1. The van der Waals surface area contributed by atoms with Crippen LogP contribution in [0.2, 0.25) is 5.02 Å². The molecule has 3 heterocycles. The monoisotopic (exact) mass is 410 g/mol. The van der Waals surface area contributed by atoms with Gasteiger partial charge in [0.1, 0.15) is 0 Å². The first-order chi connectivity index (χ1) is 14.2. The van der Waals surface area contributed by atoms with Crippen molar-refractivity contribution in [1.82, 2.24) is 20.0 Å². The molecular formula is C22H23ClN4O2. The number of halogens is 1. The quantitative estimate of drug-likeness (QED) is 0.609. The van der Waals surface area contributed by atoms with Gasteiger partial charge < -0.3 is 9.42 Å². The molecule has 0 bridgehead atoms. The summed E-state index contributed by atoms with van der Waals surface area (Å²) in [6, 6.07) is 11.2. The normalized spacial score (nSPS) is 16.7. The third kappa shape index (κ3) is 5.21. The summed E-state index contributed by atoms with van der Waals surface area (Å²) in [5.74, 6) is 1.84. The van der Waals surface area contributed by atoms with Crippen LogP contribution in [0.1, 0.15) is 30.7 Å². The summed E-state index contributed by atoms with van der Waals surface area (Å²) in [6.45, 7) is 1.61. The first kappa shape index (κ1) is 19.6. The molecule has 1 aromatic carbocycles. The van der Waals surface area contributed by atoms with Gasteiger partial charge in [0, 0.05) is 42.5 Å². The number of aryl methyl sites for hydroxylation is 1. The summed E-state index contributed by atoms with van der Waals surface area (Å²) in [7, 11) is 0. The van der Waals surface area contributed by atoms with Crippen molar-refractivity contribution >= 4 is 17.5 Å². The Morgan fingerprint density at radius 1 is 1.24 bits per heavy atom. The van der Waals surface area contributed by atoms with Crippen molar-refractivity contribution in [2.75, 3.05) is 13.1 Å². The van der Waals surface area contributed by atoms with Crippen molar-refractivity contribution in [2.24, 2.45) is 5.92 Å². The zero-order valence-corrected chi connectivity index (χ0v) is 16.9. The van der Waals surface area contributed by atoms with E-state index in [9.17, 15) is 4.79 Å². The number of likely N-dealkylation sites (tertiary alicyclic amines) is 1. The van der Waals surface area contributed by atoms with Gasteiger partial charge in [-0.25, -0.2) is 0 Å². The van der Waals surface area contributed by atoms with Gasteiger partial charge in [0.25, 0.3) is 5.89 Å². The van der Waals surface area contributed by atoms with Crippen molar-refractivity contribution in [3.05, 3.63) is 65.2 Å². The Labute approximate surface area is 174 Å². The zero-order valence-electron chi connectivity index (χ0n) is 16.1. The minimum absolute atomic E-state index is 0.163. The Balaban J connectivity index is 1.30. The van der Waals surface area contributed by atoms with E-state index >= 15 is 0 Å². The molecular weight excluding hydrogens is 388 g/mol. The molecule has 150 valence electrons. The maximum Gasteiger partial charge on any atom is 0.258 e. The molecule has 7 heteroatoms. The Kier molecular flexibility index (Phi) is 6.20. The molecule has 6 nitrogen and oxygen atoms in total. The van der Waals surface area contributed by atoms with E-state index in [2.05, 4.69) is 15.1 Å². The van der Waals surface area contributed by atoms with Crippen LogP contribution in [-0.2, 0) is 17.6 Å². The summed E-state index contributed by atoms with van der Waals surface area (Å²) < 4.78 is 5.36. The molecule has 1 amide bonds. The smallest absolute Gasteiger partial charge is 0.258 e. The molecule has 29 heavy (non-hydrogen) atoms. The third-order valence-corrected chi connectivity index (χ3v) is 5.52. The number of hydrogen-bond donors (Lipinski definition) is 0. The molecule has 3 aromatic rings. The predicted octanol–water partition coefficient (Wildman–Crippen LogP) is 4.20. The minimum atomic E-state index is 0.163. The summed E-state index contributed by atoms with van der Waals surface area (Å²) in [4.78, 5) is 23.2.